The average Bonchev–Trinajstić information content (AvgIpc) is 2.96. The van der Waals surface area contributed by atoms with Crippen LogP contribution >= 0.6 is 11.8 Å². The number of ether oxygens (including phenoxy) is 1. The molecule has 0 fully saturated rings. The highest BCUT2D eigenvalue weighted by Crippen LogP contribution is 2.42. The SMILES string of the molecule is O=C1CS[C@@H](c2cccc(OC(F)F)c2)c2cnn(Cc3ccccc3)c2N1. The molecule has 1 amide bonds. The molecule has 0 radical (unpaired) electrons. The van der Waals surface area contributed by atoms with Crippen LogP contribution in [0.4, 0.5) is 14.6 Å². The number of fused-ring (bicyclic) bond motifs is 1. The molecule has 1 aromatic heterocycles. The highest BCUT2D eigenvalue weighted by molar-refractivity contribution is 8.00. The minimum absolute atomic E-state index is 0.0925. The first-order valence-corrected chi connectivity index (χ1v) is 9.71. The van der Waals surface area contributed by atoms with Crippen molar-refractivity contribution in [1.82, 2.24) is 9.78 Å². The van der Waals surface area contributed by atoms with Crippen LogP contribution in [-0.4, -0.2) is 28.1 Å². The number of benzene rings is 2. The van der Waals surface area contributed by atoms with Crippen molar-refractivity contribution < 1.29 is 18.3 Å². The summed E-state index contributed by atoms with van der Waals surface area (Å²) in [5.41, 5.74) is 2.67. The number of rotatable bonds is 5. The lowest BCUT2D eigenvalue weighted by Gasteiger charge is -2.15. The van der Waals surface area contributed by atoms with Crippen molar-refractivity contribution in [3.8, 4) is 5.75 Å². The van der Waals surface area contributed by atoms with Crippen molar-refractivity contribution in [3.63, 3.8) is 0 Å². The molecule has 3 aromatic rings. The number of hydrogen-bond acceptors (Lipinski definition) is 4. The second-order valence-electron chi connectivity index (χ2n) is 6.28. The van der Waals surface area contributed by atoms with Gasteiger partial charge in [-0.15, -0.1) is 11.8 Å². The fourth-order valence-electron chi connectivity index (χ4n) is 3.15. The minimum atomic E-state index is -2.88. The Morgan fingerprint density at radius 3 is 2.82 bits per heavy atom. The van der Waals surface area contributed by atoms with Crippen molar-refractivity contribution in [2.24, 2.45) is 0 Å². The molecule has 0 aliphatic carbocycles. The van der Waals surface area contributed by atoms with E-state index in [0.717, 1.165) is 16.7 Å². The molecule has 4 rings (SSSR count). The number of anilines is 1. The lowest BCUT2D eigenvalue weighted by atomic mass is 10.1. The van der Waals surface area contributed by atoms with E-state index in [1.807, 2.05) is 36.4 Å². The Kier molecular flexibility index (Phi) is 5.29. The molecule has 0 saturated heterocycles. The summed E-state index contributed by atoms with van der Waals surface area (Å²) in [5, 5.41) is 7.16. The Hall–Kier alpha value is -2.87. The molecule has 2 heterocycles. The van der Waals surface area contributed by atoms with Gasteiger partial charge in [-0.1, -0.05) is 42.5 Å². The Bertz CT molecular complexity index is 979. The molecule has 0 saturated carbocycles. The predicted octanol–water partition coefficient (Wildman–Crippen LogP) is 4.31. The number of carbonyl (C=O) groups excluding carboxylic acids is 1. The minimum Gasteiger partial charge on any atom is -0.435 e. The number of hydrogen-bond donors (Lipinski definition) is 1. The largest absolute Gasteiger partial charge is 0.435 e. The Morgan fingerprint density at radius 1 is 1.21 bits per heavy atom. The van der Waals surface area contributed by atoms with E-state index in [9.17, 15) is 13.6 Å². The van der Waals surface area contributed by atoms with Gasteiger partial charge in [0.1, 0.15) is 11.6 Å². The second kappa shape index (κ2) is 8.02. The highest BCUT2D eigenvalue weighted by Gasteiger charge is 2.28. The van der Waals surface area contributed by atoms with Gasteiger partial charge >= 0.3 is 6.61 Å². The van der Waals surface area contributed by atoms with Crippen LogP contribution in [0.25, 0.3) is 0 Å². The van der Waals surface area contributed by atoms with Crippen molar-refractivity contribution in [2.45, 2.75) is 18.4 Å². The zero-order valence-electron chi connectivity index (χ0n) is 14.7. The van der Waals surface area contributed by atoms with Gasteiger partial charge in [-0.3, -0.25) is 4.79 Å². The monoisotopic (exact) mass is 401 g/mol. The first kappa shape index (κ1) is 18.5. The van der Waals surface area contributed by atoms with Crippen LogP contribution in [0.2, 0.25) is 0 Å². The molecule has 1 atom stereocenters. The maximum Gasteiger partial charge on any atom is 0.387 e. The van der Waals surface area contributed by atoms with Crippen LogP contribution in [0.15, 0.2) is 60.8 Å². The van der Waals surface area contributed by atoms with E-state index in [4.69, 9.17) is 0 Å². The van der Waals surface area contributed by atoms with Gasteiger partial charge in [0, 0.05) is 5.56 Å². The van der Waals surface area contributed by atoms with Crippen LogP contribution in [0.1, 0.15) is 21.9 Å². The van der Waals surface area contributed by atoms with E-state index in [1.54, 1.807) is 23.0 Å². The van der Waals surface area contributed by atoms with E-state index in [-0.39, 0.29) is 22.7 Å². The molecule has 144 valence electrons. The van der Waals surface area contributed by atoms with Crippen molar-refractivity contribution >= 4 is 23.5 Å². The number of thioether (sulfide) groups is 1. The zero-order valence-corrected chi connectivity index (χ0v) is 15.5. The predicted molar refractivity (Wildman–Crippen MR) is 104 cm³/mol. The standard InChI is InChI=1S/C20H17F2N3O2S/c21-20(22)27-15-8-4-7-14(9-15)18-16-10-23-25(11-13-5-2-1-3-6-13)19(16)24-17(26)12-28-18/h1-10,18,20H,11-12H2,(H,24,26)/t18-/m0/s1. The van der Waals surface area contributed by atoms with E-state index in [2.05, 4.69) is 15.2 Å². The Morgan fingerprint density at radius 2 is 2.04 bits per heavy atom. The molecule has 8 heteroatoms. The normalized spacial score (nSPS) is 16.4. The third kappa shape index (κ3) is 4.01. The fourth-order valence-corrected chi connectivity index (χ4v) is 4.23. The van der Waals surface area contributed by atoms with Gasteiger partial charge in [0.25, 0.3) is 0 Å². The van der Waals surface area contributed by atoms with Gasteiger partial charge in [-0.2, -0.15) is 13.9 Å². The molecule has 2 aromatic carbocycles. The average molecular weight is 401 g/mol. The molecular weight excluding hydrogens is 384 g/mol. The summed E-state index contributed by atoms with van der Waals surface area (Å²) in [4.78, 5) is 12.2. The summed E-state index contributed by atoms with van der Waals surface area (Å²) in [5.74, 6) is 0.854. The van der Waals surface area contributed by atoms with Gasteiger partial charge < -0.3 is 10.1 Å². The quantitative estimate of drug-likeness (QED) is 0.692. The van der Waals surface area contributed by atoms with E-state index in [0.29, 0.717) is 12.4 Å². The lowest BCUT2D eigenvalue weighted by molar-refractivity contribution is -0.113. The number of nitrogens with zero attached hydrogens (tertiary/aromatic N) is 2. The molecule has 1 aliphatic rings. The number of nitrogens with one attached hydrogen (secondary N) is 1. The van der Waals surface area contributed by atoms with Crippen LogP contribution in [0.5, 0.6) is 5.75 Å². The first-order chi connectivity index (χ1) is 13.6. The number of alkyl halides is 2. The third-order valence-electron chi connectivity index (χ3n) is 4.35. The van der Waals surface area contributed by atoms with Gasteiger partial charge in [0.2, 0.25) is 5.91 Å². The molecule has 0 bridgehead atoms. The maximum absolute atomic E-state index is 12.6. The number of amides is 1. The summed E-state index contributed by atoms with van der Waals surface area (Å²) >= 11 is 1.43. The van der Waals surface area contributed by atoms with E-state index in [1.165, 1.54) is 17.8 Å². The molecule has 1 N–H and O–H groups in total. The smallest absolute Gasteiger partial charge is 0.387 e. The molecule has 0 unspecified atom stereocenters. The van der Waals surface area contributed by atoms with Crippen LogP contribution in [0, 0.1) is 0 Å². The van der Waals surface area contributed by atoms with Crippen molar-refractivity contribution in [1.29, 1.82) is 0 Å². The zero-order chi connectivity index (χ0) is 19.5. The molecular formula is C20H17F2N3O2S. The van der Waals surface area contributed by atoms with Gasteiger partial charge in [-0.25, -0.2) is 4.68 Å². The second-order valence-corrected chi connectivity index (χ2v) is 7.38. The lowest BCUT2D eigenvalue weighted by Crippen LogP contribution is -2.16. The van der Waals surface area contributed by atoms with Gasteiger partial charge in [-0.05, 0) is 23.3 Å². The number of carbonyl (C=O) groups is 1. The summed E-state index contributed by atoms with van der Waals surface area (Å²) in [7, 11) is 0. The summed E-state index contributed by atoms with van der Waals surface area (Å²) in [6, 6.07) is 16.4. The van der Waals surface area contributed by atoms with Crippen molar-refractivity contribution in [3.05, 3.63) is 77.5 Å². The van der Waals surface area contributed by atoms with Gasteiger partial charge in [0.05, 0.1) is 23.7 Å². The number of aromatic nitrogens is 2. The van der Waals surface area contributed by atoms with Crippen LogP contribution in [-0.2, 0) is 11.3 Å². The van der Waals surface area contributed by atoms with Crippen LogP contribution < -0.4 is 10.1 Å². The summed E-state index contributed by atoms with van der Waals surface area (Å²) < 4.78 is 31.4. The van der Waals surface area contributed by atoms with Gasteiger partial charge in [0.15, 0.2) is 0 Å². The summed E-state index contributed by atoms with van der Waals surface area (Å²) in [6.45, 7) is -2.37. The molecule has 1 aliphatic heterocycles. The summed E-state index contributed by atoms with van der Waals surface area (Å²) in [6.07, 6.45) is 1.72. The molecule has 28 heavy (non-hydrogen) atoms. The Balaban J connectivity index is 1.69. The van der Waals surface area contributed by atoms with E-state index >= 15 is 0 Å². The maximum atomic E-state index is 12.6. The fraction of sp³-hybridized carbons (Fsp3) is 0.200. The third-order valence-corrected chi connectivity index (χ3v) is 5.64. The molecule has 0 spiro atoms. The van der Waals surface area contributed by atoms with Crippen LogP contribution in [0.3, 0.4) is 0 Å². The molecule has 5 nitrogen and oxygen atoms in total. The Labute approximate surface area is 164 Å². The highest BCUT2D eigenvalue weighted by atomic mass is 32.2. The topological polar surface area (TPSA) is 56.1 Å². The number of halogens is 2. The van der Waals surface area contributed by atoms with Crippen molar-refractivity contribution in [2.75, 3.05) is 11.1 Å². The first-order valence-electron chi connectivity index (χ1n) is 8.66. The van der Waals surface area contributed by atoms with E-state index < -0.39 is 6.61 Å².